The summed E-state index contributed by atoms with van der Waals surface area (Å²) in [6.07, 6.45) is 3.72. The molecular weight excluding hydrogens is 252 g/mol. The quantitative estimate of drug-likeness (QED) is 0.869. The maximum atomic E-state index is 5.81. The second kappa shape index (κ2) is 7.60. The van der Waals surface area contributed by atoms with E-state index in [1.165, 1.54) is 18.4 Å². The van der Waals surface area contributed by atoms with Crippen molar-refractivity contribution in [2.75, 3.05) is 13.2 Å². The first kappa shape index (κ1) is 15.3. The molecule has 0 spiro atoms. The largest absolute Gasteiger partial charge is 0.475 e. The van der Waals surface area contributed by atoms with E-state index in [1.807, 2.05) is 13.0 Å². The predicted molar refractivity (Wildman–Crippen MR) is 80.0 cm³/mol. The molecule has 1 saturated heterocycles. The number of aromatic nitrogens is 1. The highest BCUT2D eigenvalue weighted by atomic mass is 16.5. The summed E-state index contributed by atoms with van der Waals surface area (Å²) in [6, 6.07) is 4.59. The van der Waals surface area contributed by atoms with E-state index in [0.29, 0.717) is 18.5 Å². The van der Waals surface area contributed by atoms with Crippen LogP contribution in [0.4, 0.5) is 0 Å². The maximum absolute atomic E-state index is 5.81. The Labute approximate surface area is 121 Å². The molecule has 1 aliphatic heterocycles. The minimum Gasteiger partial charge on any atom is -0.475 e. The fourth-order valence-corrected chi connectivity index (χ4v) is 2.32. The van der Waals surface area contributed by atoms with Crippen LogP contribution >= 0.6 is 0 Å². The molecule has 0 bridgehead atoms. The fourth-order valence-electron chi connectivity index (χ4n) is 2.32. The summed E-state index contributed by atoms with van der Waals surface area (Å²) in [5, 5.41) is 3.41. The Morgan fingerprint density at radius 1 is 1.40 bits per heavy atom. The summed E-state index contributed by atoms with van der Waals surface area (Å²) in [6.45, 7) is 8.60. The van der Waals surface area contributed by atoms with Crippen LogP contribution in [-0.4, -0.2) is 30.3 Å². The van der Waals surface area contributed by atoms with Crippen molar-refractivity contribution in [1.82, 2.24) is 10.3 Å². The molecule has 1 aromatic rings. The smallest absolute Gasteiger partial charge is 0.213 e. The Kier molecular flexibility index (Phi) is 5.80. The van der Waals surface area contributed by atoms with Crippen LogP contribution in [0.15, 0.2) is 12.1 Å². The Hall–Kier alpha value is -1.13. The molecule has 1 atom stereocenters. The molecule has 2 rings (SSSR count). The Morgan fingerprint density at radius 2 is 2.25 bits per heavy atom. The lowest BCUT2D eigenvalue weighted by molar-refractivity contribution is -0.0119. The van der Waals surface area contributed by atoms with Crippen molar-refractivity contribution >= 4 is 0 Å². The average Bonchev–Trinajstić information content (AvgIpc) is 2.44. The molecule has 0 aliphatic carbocycles. The predicted octanol–water partition coefficient (Wildman–Crippen LogP) is 2.84. The van der Waals surface area contributed by atoms with Gasteiger partial charge >= 0.3 is 0 Å². The van der Waals surface area contributed by atoms with Crippen LogP contribution < -0.4 is 10.1 Å². The third-order valence-corrected chi connectivity index (χ3v) is 3.40. The lowest BCUT2D eigenvalue weighted by atomic mass is 10.1. The zero-order chi connectivity index (χ0) is 14.4. The first-order valence-electron chi connectivity index (χ1n) is 7.59. The van der Waals surface area contributed by atoms with Gasteiger partial charge in [0.15, 0.2) is 0 Å². The third kappa shape index (κ3) is 5.10. The normalized spacial score (nSPS) is 19.3. The molecule has 112 valence electrons. The van der Waals surface area contributed by atoms with E-state index in [2.05, 4.69) is 30.2 Å². The van der Waals surface area contributed by atoms with E-state index in [9.17, 15) is 0 Å². The van der Waals surface area contributed by atoms with Crippen LogP contribution in [0.25, 0.3) is 0 Å². The molecule has 20 heavy (non-hydrogen) atoms. The second-order valence-corrected chi connectivity index (χ2v) is 5.79. The van der Waals surface area contributed by atoms with Gasteiger partial charge in [0.2, 0.25) is 5.88 Å². The topological polar surface area (TPSA) is 43.4 Å². The van der Waals surface area contributed by atoms with Gasteiger partial charge in [-0.3, -0.25) is 0 Å². The highest BCUT2D eigenvalue weighted by Crippen LogP contribution is 2.16. The zero-order valence-electron chi connectivity index (χ0n) is 12.8. The second-order valence-electron chi connectivity index (χ2n) is 5.79. The number of ether oxygens (including phenoxy) is 2. The molecule has 1 fully saturated rings. The molecule has 4 nitrogen and oxygen atoms in total. The van der Waals surface area contributed by atoms with Crippen LogP contribution in [-0.2, 0) is 11.3 Å². The van der Waals surface area contributed by atoms with E-state index in [-0.39, 0.29) is 6.10 Å². The molecule has 0 aromatic carbocycles. The lowest BCUT2D eigenvalue weighted by Crippen LogP contribution is -2.26. The lowest BCUT2D eigenvalue weighted by Gasteiger charge is -2.22. The van der Waals surface area contributed by atoms with Crippen LogP contribution in [0, 0.1) is 6.92 Å². The van der Waals surface area contributed by atoms with Crippen molar-refractivity contribution in [1.29, 1.82) is 0 Å². The Morgan fingerprint density at radius 3 is 2.95 bits per heavy atom. The van der Waals surface area contributed by atoms with Crippen molar-refractivity contribution in [3.8, 4) is 5.88 Å². The van der Waals surface area contributed by atoms with Crippen LogP contribution in [0.3, 0.4) is 0 Å². The molecule has 0 amide bonds. The number of pyridine rings is 1. The number of hydrogen-bond acceptors (Lipinski definition) is 4. The number of aryl methyl sites for hydroxylation is 1. The summed E-state index contributed by atoms with van der Waals surface area (Å²) < 4.78 is 11.5. The fraction of sp³-hybridized carbons (Fsp3) is 0.688. The average molecular weight is 278 g/mol. The highest BCUT2D eigenvalue weighted by molar-refractivity contribution is 5.24. The van der Waals surface area contributed by atoms with Gasteiger partial charge in [0.1, 0.15) is 6.61 Å². The number of rotatable bonds is 6. The van der Waals surface area contributed by atoms with Gasteiger partial charge in [-0.15, -0.1) is 0 Å². The van der Waals surface area contributed by atoms with E-state index in [4.69, 9.17) is 9.47 Å². The van der Waals surface area contributed by atoms with E-state index < -0.39 is 0 Å². The molecule has 1 unspecified atom stereocenters. The van der Waals surface area contributed by atoms with Crippen molar-refractivity contribution < 1.29 is 9.47 Å². The monoisotopic (exact) mass is 278 g/mol. The summed E-state index contributed by atoms with van der Waals surface area (Å²) in [4.78, 5) is 4.44. The van der Waals surface area contributed by atoms with Gasteiger partial charge in [-0.05, 0) is 37.8 Å². The minimum absolute atomic E-state index is 0.225. The molecule has 1 aromatic heterocycles. The molecule has 2 heterocycles. The van der Waals surface area contributed by atoms with Crippen molar-refractivity contribution in [2.24, 2.45) is 0 Å². The Bertz CT molecular complexity index is 415. The summed E-state index contributed by atoms with van der Waals surface area (Å²) >= 11 is 0. The highest BCUT2D eigenvalue weighted by Gasteiger charge is 2.14. The molecule has 1 N–H and O–H groups in total. The zero-order valence-corrected chi connectivity index (χ0v) is 12.8. The SMILES string of the molecule is Cc1cc(CNC(C)C)cc(OCC2CCCCO2)n1. The van der Waals surface area contributed by atoms with Crippen LogP contribution in [0.2, 0.25) is 0 Å². The molecule has 4 heteroatoms. The van der Waals surface area contributed by atoms with Crippen LogP contribution in [0.1, 0.15) is 44.4 Å². The molecule has 0 radical (unpaired) electrons. The van der Waals surface area contributed by atoms with Gasteiger partial charge < -0.3 is 14.8 Å². The first-order valence-corrected chi connectivity index (χ1v) is 7.59. The van der Waals surface area contributed by atoms with E-state index >= 15 is 0 Å². The minimum atomic E-state index is 0.225. The van der Waals surface area contributed by atoms with Gasteiger partial charge in [0.25, 0.3) is 0 Å². The van der Waals surface area contributed by atoms with Gasteiger partial charge in [-0.1, -0.05) is 13.8 Å². The third-order valence-electron chi connectivity index (χ3n) is 3.40. The summed E-state index contributed by atoms with van der Waals surface area (Å²) in [7, 11) is 0. The standard InChI is InChI=1S/C16H26N2O2/c1-12(2)17-10-14-8-13(3)18-16(9-14)20-11-15-6-4-5-7-19-15/h8-9,12,15,17H,4-7,10-11H2,1-3H3. The van der Waals surface area contributed by atoms with Gasteiger partial charge in [0.05, 0.1) is 6.10 Å². The summed E-state index contributed by atoms with van der Waals surface area (Å²) in [5.41, 5.74) is 2.21. The summed E-state index contributed by atoms with van der Waals surface area (Å²) in [5.74, 6) is 0.708. The maximum Gasteiger partial charge on any atom is 0.213 e. The van der Waals surface area contributed by atoms with Gasteiger partial charge in [0, 0.05) is 31.0 Å². The molecule has 0 saturated carbocycles. The molecule has 1 aliphatic rings. The van der Waals surface area contributed by atoms with Crippen molar-refractivity contribution in [3.63, 3.8) is 0 Å². The first-order chi connectivity index (χ1) is 9.63. The number of nitrogens with zero attached hydrogens (tertiary/aromatic N) is 1. The van der Waals surface area contributed by atoms with Crippen molar-refractivity contribution in [2.45, 2.75) is 58.7 Å². The van der Waals surface area contributed by atoms with Crippen molar-refractivity contribution in [3.05, 3.63) is 23.4 Å². The molecular formula is C16H26N2O2. The Balaban J connectivity index is 1.89. The van der Waals surface area contributed by atoms with Crippen LogP contribution in [0.5, 0.6) is 5.88 Å². The number of nitrogens with one attached hydrogen (secondary N) is 1. The van der Waals surface area contributed by atoms with E-state index in [0.717, 1.165) is 25.3 Å². The van der Waals surface area contributed by atoms with Gasteiger partial charge in [-0.25, -0.2) is 4.98 Å². The van der Waals surface area contributed by atoms with Gasteiger partial charge in [-0.2, -0.15) is 0 Å². The number of hydrogen-bond donors (Lipinski definition) is 1. The van der Waals surface area contributed by atoms with E-state index in [1.54, 1.807) is 0 Å².